The number of hydrogen-bond acceptors (Lipinski definition) is 7. The van der Waals surface area contributed by atoms with Crippen molar-refractivity contribution in [1.82, 2.24) is 16.0 Å². The fraction of sp³-hybridized carbons (Fsp3) is 0.560. The Morgan fingerprint density at radius 3 is 1.92 bits per heavy atom. The summed E-state index contributed by atoms with van der Waals surface area (Å²) in [5.41, 5.74) is 17.2. The quantitative estimate of drug-likeness (QED) is 0.0793. The topological polar surface area (TPSA) is 235 Å². The van der Waals surface area contributed by atoms with Gasteiger partial charge in [-0.1, -0.05) is 39.8 Å². The van der Waals surface area contributed by atoms with Gasteiger partial charge in [0, 0.05) is 13.0 Å². The number of guanidine groups is 1. The van der Waals surface area contributed by atoms with Crippen LogP contribution in [0.5, 0.6) is 5.75 Å². The highest BCUT2D eigenvalue weighted by Gasteiger charge is 2.31. The van der Waals surface area contributed by atoms with Gasteiger partial charge in [0.15, 0.2) is 5.96 Å². The van der Waals surface area contributed by atoms with Crippen LogP contribution >= 0.6 is 0 Å². The summed E-state index contributed by atoms with van der Waals surface area (Å²) < 4.78 is 0. The molecule has 4 atom stereocenters. The van der Waals surface area contributed by atoms with E-state index in [1.807, 2.05) is 0 Å². The number of aromatic hydroxyl groups is 1. The van der Waals surface area contributed by atoms with Gasteiger partial charge in [-0.15, -0.1) is 0 Å². The molecule has 0 spiro atoms. The molecule has 0 radical (unpaired) electrons. The fourth-order valence-electron chi connectivity index (χ4n) is 3.46. The number of benzene rings is 1. The highest BCUT2D eigenvalue weighted by Crippen LogP contribution is 2.13. The molecule has 11 N–H and O–H groups in total. The number of nitrogens with zero attached hydrogens (tertiary/aromatic N) is 1. The number of carboxylic acids is 1. The number of aliphatic imine (C=N–C) groups is 1. The Morgan fingerprint density at radius 2 is 1.42 bits per heavy atom. The predicted molar refractivity (Wildman–Crippen MR) is 143 cm³/mol. The van der Waals surface area contributed by atoms with E-state index in [2.05, 4.69) is 20.9 Å². The van der Waals surface area contributed by atoms with Gasteiger partial charge in [-0.05, 0) is 42.4 Å². The third-order valence-corrected chi connectivity index (χ3v) is 5.84. The first-order valence-electron chi connectivity index (χ1n) is 12.5. The lowest BCUT2D eigenvalue weighted by Gasteiger charge is -2.26. The highest BCUT2D eigenvalue weighted by atomic mass is 16.4. The van der Waals surface area contributed by atoms with Crippen LogP contribution in [0.1, 0.15) is 46.1 Å². The lowest BCUT2D eigenvalue weighted by atomic mass is 10.0. The Labute approximate surface area is 222 Å². The maximum Gasteiger partial charge on any atom is 0.326 e. The minimum atomic E-state index is -1.21. The van der Waals surface area contributed by atoms with Crippen LogP contribution < -0.4 is 33.2 Å². The second kappa shape index (κ2) is 15.4. The molecular formula is C25H41N7O6. The molecule has 3 amide bonds. The number of nitrogens with two attached hydrogens (primary N) is 3. The number of amides is 3. The molecule has 0 fully saturated rings. The van der Waals surface area contributed by atoms with Gasteiger partial charge in [-0.3, -0.25) is 19.4 Å². The maximum atomic E-state index is 13.3. The average Bonchev–Trinajstić information content (AvgIpc) is 2.83. The Morgan fingerprint density at radius 1 is 0.868 bits per heavy atom. The number of carboxylic acid groups (broad SMARTS) is 1. The Hall–Kier alpha value is -3.87. The first-order valence-corrected chi connectivity index (χ1v) is 12.5. The molecule has 0 aliphatic carbocycles. The summed E-state index contributed by atoms with van der Waals surface area (Å²) in [6, 6.07) is 1.74. The molecular weight excluding hydrogens is 494 g/mol. The van der Waals surface area contributed by atoms with Crippen molar-refractivity contribution in [3.63, 3.8) is 0 Å². The minimum Gasteiger partial charge on any atom is -0.508 e. The molecule has 212 valence electrons. The molecule has 0 aliphatic rings. The van der Waals surface area contributed by atoms with E-state index in [0.717, 1.165) is 0 Å². The van der Waals surface area contributed by atoms with E-state index >= 15 is 0 Å². The number of aliphatic carboxylic acids is 1. The molecule has 13 nitrogen and oxygen atoms in total. The normalized spacial score (nSPS) is 14.2. The van der Waals surface area contributed by atoms with Gasteiger partial charge < -0.3 is 43.4 Å². The second-order valence-electron chi connectivity index (χ2n) is 9.78. The molecule has 0 aromatic heterocycles. The molecule has 38 heavy (non-hydrogen) atoms. The Bertz CT molecular complexity index is 977. The van der Waals surface area contributed by atoms with Crippen molar-refractivity contribution in [2.24, 2.45) is 34.0 Å². The van der Waals surface area contributed by atoms with Gasteiger partial charge >= 0.3 is 5.97 Å². The van der Waals surface area contributed by atoms with Crippen LogP contribution in [0.15, 0.2) is 29.3 Å². The number of phenolic OH excluding ortho intramolecular Hbond substituents is 1. The van der Waals surface area contributed by atoms with E-state index in [4.69, 9.17) is 17.2 Å². The van der Waals surface area contributed by atoms with E-state index in [-0.39, 0.29) is 37.0 Å². The average molecular weight is 536 g/mol. The number of hydrogen-bond donors (Lipinski definition) is 8. The Balaban J connectivity index is 3.19. The van der Waals surface area contributed by atoms with Crippen LogP contribution in [0.4, 0.5) is 0 Å². The maximum absolute atomic E-state index is 13.3. The largest absolute Gasteiger partial charge is 0.508 e. The van der Waals surface area contributed by atoms with Crippen molar-refractivity contribution in [2.75, 3.05) is 6.54 Å². The van der Waals surface area contributed by atoms with Crippen molar-refractivity contribution < 1.29 is 29.4 Å². The van der Waals surface area contributed by atoms with E-state index in [0.29, 0.717) is 12.0 Å². The lowest BCUT2D eigenvalue weighted by Crippen LogP contribution is -2.58. The molecule has 1 rings (SSSR count). The first-order chi connectivity index (χ1) is 17.7. The van der Waals surface area contributed by atoms with Gasteiger partial charge in [0.2, 0.25) is 17.7 Å². The third-order valence-electron chi connectivity index (χ3n) is 5.84. The summed E-state index contributed by atoms with van der Waals surface area (Å²) in [6.07, 6.45) is 0.495. The van der Waals surface area contributed by atoms with Crippen LogP contribution in [0.2, 0.25) is 0 Å². The second-order valence-corrected chi connectivity index (χ2v) is 9.78. The van der Waals surface area contributed by atoms with E-state index < -0.39 is 53.8 Å². The molecule has 1 aromatic carbocycles. The van der Waals surface area contributed by atoms with E-state index in [9.17, 15) is 29.4 Å². The van der Waals surface area contributed by atoms with Crippen LogP contribution in [-0.4, -0.2) is 70.6 Å². The monoisotopic (exact) mass is 535 g/mol. The zero-order valence-electron chi connectivity index (χ0n) is 22.3. The molecule has 0 bridgehead atoms. The fourth-order valence-corrected chi connectivity index (χ4v) is 3.46. The third kappa shape index (κ3) is 11.0. The summed E-state index contributed by atoms with van der Waals surface area (Å²) in [7, 11) is 0. The standard InChI is InChI=1S/C25H41N7O6/c1-13(2)19(26)23(36)30-17(6-5-11-29-25(27)28)21(34)31-18(12-15-7-9-16(33)10-8-15)22(35)32-20(14(3)4)24(37)38/h7-10,13-14,17-20,33H,5-6,11-12,26H2,1-4H3,(H,30,36)(H,31,34)(H,32,35)(H,37,38)(H4,27,28,29). The summed E-state index contributed by atoms with van der Waals surface area (Å²) in [5, 5.41) is 26.8. The van der Waals surface area contributed by atoms with E-state index in [1.165, 1.54) is 12.1 Å². The van der Waals surface area contributed by atoms with Gasteiger partial charge in [0.05, 0.1) is 6.04 Å². The zero-order chi connectivity index (χ0) is 29.0. The molecule has 1 aromatic rings. The van der Waals surface area contributed by atoms with Gasteiger partial charge in [0.25, 0.3) is 0 Å². The molecule has 13 heteroatoms. The zero-order valence-corrected chi connectivity index (χ0v) is 22.3. The van der Waals surface area contributed by atoms with Crippen molar-refractivity contribution in [2.45, 2.75) is 71.1 Å². The van der Waals surface area contributed by atoms with Crippen molar-refractivity contribution in [1.29, 1.82) is 0 Å². The number of phenols is 1. The van der Waals surface area contributed by atoms with Gasteiger partial charge in [-0.25, -0.2) is 4.79 Å². The number of nitrogens with one attached hydrogen (secondary N) is 3. The summed E-state index contributed by atoms with van der Waals surface area (Å²) >= 11 is 0. The number of carbonyl (C=O) groups is 4. The molecule has 0 aliphatic heterocycles. The van der Waals surface area contributed by atoms with Crippen molar-refractivity contribution >= 4 is 29.7 Å². The van der Waals surface area contributed by atoms with Gasteiger partial charge in [-0.2, -0.15) is 0 Å². The molecule has 0 heterocycles. The molecule has 4 unspecified atom stereocenters. The minimum absolute atomic E-state index is 0.00244. The summed E-state index contributed by atoms with van der Waals surface area (Å²) in [6.45, 7) is 7.04. The number of rotatable bonds is 15. The van der Waals surface area contributed by atoms with Crippen molar-refractivity contribution in [3.05, 3.63) is 29.8 Å². The summed E-state index contributed by atoms with van der Waals surface area (Å²) in [5.74, 6) is -3.80. The van der Waals surface area contributed by atoms with Crippen LogP contribution in [0, 0.1) is 11.8 Å². The molecule has 0 saturated carbocycles. The van der Waals surface area contributed by atoms with Crippen LogP contribution in [0.25, 0.3) is 0 Å². The smallest absolute Gasteiger partial charge is 0.326 e. The van der Waals surface area contributed by atoms with E-state index in [1.54, 1.807) is 39.8 Å². The number of carbonyl (C=O) groups excluding carboxylic acids is 3. The Kier molecular flexibility index (Phi) is 13.0. The first kappa shape index (κ1) is 32.2. The predicted octanol–water partition coefficient (Wildman–Crippen LogP) is -0.833. The van der Waals surface area contributed by atoms with Crippen LogP contribution in [0.3, 0.4) is 0 Å². The highest BCUT2D eigenvalue weighted by molar-refractivity contribution is 5.94. The SMILES string of the molecule is CC(C)C(N)C(=O)NC(CCCN=C(N)N)C(=O)NC(Cc1ccc(O)cc1)C(=O)NC(C(=O)O)C(C)C. The van der Waals surface area contributed by atoms with Crippen LogP contribution in [-0.2, 0) is 25.6 Å². The molecule has 0 saturated heterocycles. The van der Waals surface area contributed by atoms with Crippen molar-refractivity contribution in [3.8, 4) is 5.75 Å². The lowest BCUT2D eigenvalue weighted by molar-refractivity contribution is -0.143. The van der Waals surface area contributed by atoms with Gasteiger partial charge in [0.1, 0.15) is 23.9 Å². The summed E-state index contributed by atoms with van der Waals surface area (Å²) in [4.78, 5) is 54.6.